The molecule has 114 valence electrons. The van der Waals surface area contributed by atoms with E-state index in [1.807, 2.05) is 25.1 Å². The van der Waals surface area contributed by atoms with Crippen LogP contribution in [0.4, 0.5) is 0 Å². The molecule has 1 unspecified atom stereocenters. The maximum Gasteiger partial charge on any atom is 0.0906 e. The highest BCUT2D eigenvalue weighted by Crippen LogP contribution is 2.58. The monoisotopic (exact) mass is 313 g/mol. The highest BCUT2D eigenvalue weighted by atomic mass is 32.2. The van der Waals surface area contributed by atoms with Gasteiger partial charge in [0.15, 0.2) is 0 Å². The second-order valence-electron chi connectivity index (χ2n) is 6.40. The van der Waals surface area contributed by atoms with Gasteiger partial charge in [0.05, 0.1) is 26.8 Å². The minimum atomic E-state index is -2.74. The summed E-state index contributed by atoms with van der Waals surface area (Å²) in [6, 6.07) is 14.3. The summed E-state index contributed by atoms with van der Waals surface area (Å²) >= 11 is 0. The third-order valence-electron chi connectivity index (χ3n) is 4.78. The van der Waals surface area contributed by atoms with Crippen LogP contribution in [0.1, 0.15) is 46.8 Å². The van der Waals surface area contributed by atoms with Crippen LogP contribution < -0.4 is 0 Å². The van der Waals surface area contributed by atoms with E-state index in [1.54, 1.807) is 0 Å². The SMILES string of the molecule is Cc1ccc(S(C)(=N)=O)c([C@@H]2C[C@@H]3O[C@H]2c2ccccc23)c1. The van der Waals surface area contributed by atoms with Gasteiger partial charge in [0, 0.05) is 12.2 Å². The van der Waals surface area contributed by atoms with Gasteiger partial charge in [-0.15, -0.1) is 0 Å². The number of hydrogen-bond acceptors (Lipinski definition) is 3. The molecule has 0 radical (unpaired) electrons. The van der Waals surface area contributed by atoms with Crippen LogP contribution in [0.3, 0.4) is 0 Å². The molecule has 3 nitrogen and oxygen atoms in total. The Morgan fingerprint density at radius 2 is 1.86 bits per heavy atom. The highest BCUT2D eigenvalue weighted by Gasteiger charge is 2.46. The smallest absolute Gasteiger partial charge is 0.0906 e. The van der Waals surface area contributed by atoms with Crippen molar-refractivity contribution in [1.82, 2.24) is 0 Å². The fourth-order valence-corrected chi connectivity index (χ4v) is 4.83. The summed E-state index contributed by atoms with van der Waals surface area (Å²) < 4.78 is 26.5. The molecule has 0 amide bonds. The number of ether oxygens (including phenoxy) is 1. The Labute approximate surface area is 131 Å². The molecule has 1 fully saturated rings. The Balaban J connectivity index is 1.84. The first kappa shape index (κ1) is 14.0. The van der Waals surface area contributed by atoms with E-state index in [-0.39, 0.29) is 18.1 Å². The average Bonchev–Trinajstić information content (AvgIpc) is 3.05. The summed E-state index contributed by atoms with van der Waals surface area (Å²) in [5.41, 5.74) is 4.72. The van der Waals surface area contributed by atoms with E-state index >= 15 is 0 Å². The zero-order valence-corrected chi connectivity index (χ0v) is 13.5. The minimum Gasteiger partial charge on any atom is -0.365 e. The van der Waals surface area contributed by atoms with Crippen molar-refractivity contribution in [3.8, 4) is 0 Å². The summed E-state index contributed by atoms with van der Waals surface area (Å²) in [7, 11) is -2.74. The molecule has 4 heteroatoms. The fourth-order valence-electron chi connectivity index (χ4n) is 3.84. The molecule has 2 aliphatic rings. The van der Waals surface area contributed by atoms with Crippen molar-refractivity contribution >= 4 is 9.73 Å². The summed E-state index contributed by atoms with van der Waals surface area (Å²) in [6.45, 7) is 2.04. The molecule has 2 aromatic rings. The molecule has 0 spiro atoms. The Kier molecular flexibility index (Phi) is 2.97. The third-order valence-corrected chi connectivity index (χ3v) is 5.99. The molecule has 2 bridgehead atoms. The minimum absolute atomic E-state index is 0.0310. The zero-order chi connectivity index (χ0) is 15.5. The van der Waals surface area contributed by atoms with Gasteiger partial charge in [-0.1, -0.05) is 42.0 Å². The summed E-state index contributed by atoms with van der Waals surface area (Å²) in [4.78, 5) is 0.664. The van der Waals surface area contributed by atoms with E-state index in [4.69, 9.17) is 9.52 Å². The van der Waals surface area contributed by atoms with Gasteiger partial charge >= 0.3 is 0 Å². The van der Waals surface area contributed by atoms with E-state index in [1.165, 1.54) is 17.4 Å². The van der Waals surface area contributed by atoms with Gasteiger partial charge < -0.3 is 4.74 Å². The maximum absolute atomic E-state index is 12.4. The first-order valence-electron chi connectivity index (χ1n) is 7.54. The molecule has 0 saturated carbocycles. The lowest BCUT2D eigenvalue weighted by molar-refractivity contribution is 0.0673. The molecule has 2 aromatic carbocycles. The van der Waals surface area contributed by atoms with Crippen molar-refractivity contribution in [2.45, 2.75) is 36.4 Å². The number of hydrogen-bond donors (Lipinski definition) is 1. The Bertz CT molecular complexity index is 857. The lowest BCUT2D eigenvalue weighted by atomic mass is 9.80. The van der Waals surface area contributed by atoms with E-state index < -0.39 is 9.73 Å². The summed E-state index contributed by atoms with van der Waals surface area (Å²) in [5, 5.41) is 0. The number of aryl methyl sites for hydroxylation is 1. The van der Waals surface area contributed by atoms with Crippen LogP contribution in [0.2, 0.25) is 0 Å². The molecule has 4 atom stereocenters. The van der Waals surface area contributed by atoms with Crippen molar-refractivity contribution < 1.29 is 8.95 Å². The first-order chi connectivity index (χ1) is 10.4. The number of fused-ring (bicyclic) bond motifs is 5. The highest BCUT2D eigenvalue weighted by molar-refractivity contribution is 7.91. The molecular formula is C18H19NO2S. The molecule has 4 rings (SSSR count). The van der Waals surface area contributed by atoms with Crippen LogP contribution in [0.25, 0.3) is 0 Å². The molecule has 1 saturated heterocycles. The van der Waals surface area contributed by atoms with Crippen LogP contribution in [0.5, 0.6) is 0 Å². The fraction of sp³-hybridized carbons (Fsp3) is 0.333. The first-order valence-corrected chi connectivity index (χ1v) is 9.50. The number of rotatable bonds is 2. The van der Waals surface area contributed by atoms with Gasteiger partial charge in [-0.2, -0.15) is 0 Å². The zero-order valence-electron chi connectivity index (χ0n) is 12.7. The van der Waals surface area contributed by atoms with Crippen LogP contribution >= 0.6 is 0 Å². The Morgan fingerprint density at radius 3 is 2.59 bits per heavy atom. The van der Waals surface area contributed by atoms with Crippen molar-refractivity contribution in [1.29, 1.82) is 4.78 Å². The lowest BCUT2D eigenvalue weighted by Crippen LogP contribution is -2.13. The van der Waals surface area contributed by atoms with Gasteiger partial charge in [0.1, 0.15) is 0 Å². The van der Waals surface area contributed by atoms with Crippen LogP contribution in [0.15, 0.2) is 47.4 Å². The number of nitrogens with one attached hydrogen (secondary N) is 1. The van der Waals surface area contributed by atoms with Gasteiger partial charge in [0.25, 0.3) is 0 Å². The van der Waals surface area contributed by atoms with Crippen LogP contribution in [-0.4, -0.2) is 10.5 Å². The van der Waals surface area contributed by atoms with Gasteiger partial charge in [-0.05, 0) is 36.1 Å². The quantitative estimate of drug-likeness (QED) is 0.897. The molecular weight excluding hydrogens is 294 g/mol. The third kappa shape index (κ3) is 2.02. The van der Waals surface area contributed by atoms with Crippen LogP contribution in [0, 0.1) is 11.7 Å². The van der Waals surface area contributed by atoms with Crippen LogP contribution in [-0.2, 0) is 14.5 Å². The predicted octanol–water partition coefficient (Wildman–Crippen LogP) is 4.33. The lowest BCUT2D eigenvalue weighted by Gasteiger charge is -2.24. The summed E-state index contributed by atoms with van der Waals surface area (Å²) in [5.74, 6) is 0.195. The van der Waals surface area contributed by atoms with Gasteiger partial charge in [-0.25, -0.2) is 8.99 Å². The van der Waals surface area contributed by atoms with Gasteiger partial charge in [0.2, 0.25) is 0 Å². The average molecular weight is 313 g/mol. The predicted molar refractivity (Wildman–Crippen MR) is 86.6 cm³/mol. The Hall–Kier alpha value is -1.65. The largest absolute Gasteiger partial charge is 0.365 e. The van der Waals surface area contributed by atoms with E-state index in [9.17, 15) is 4.21 Å². The van der Waals surface area contributed by atoms with E-state index in [2.05, 4.69) is 24.3 Å². The van der Waals surface area contributed by atoms with Crippen molar-refractivity contribution in [3.05, 3.63) is 64.7 Å². The summed E-state index contributed by atoms with van der Waals surface area (Å²) in [6.07, 6.45) is 2.58. The second-order valence-corrected chi connectivity index (χ2v) is 8.53. The molecule has 0 aliphatic carbocycles. The van der Waals surface area contributed by atoms with Crippen molar-refractivity contribution in [2.24, 2.45) is 0 Å². The Morgan fingerprint density at radius 1 is 1.14 bits per heavy atom. The van der Waals surface area contributed by atoms with E-state index in [0.717, 1.165) is 17.5 Å². The molecule has 0 aromatic heterocycles. The number of benzene rings is 2. The molecule has 2 aliphatic heterocycles. The standard InChI is InChI=1S/C18H19NO2S/c1-11-7-8-17(22(2,19)20)14(9-11)15-10-16-12-5-3-4-6-13(12)18(15)21-16/h3-9,15-16,18-19H,10H2,1-2H3/t15-,16-,18-,22?/m0/s1. The molecule has 22 heavy (non-hydrogen) atoms. The maximum atomic E-state index is 12.4. The van der Waals surface area contributed by atoms with Crippen molar-refractivity contribution in [2.75, 3.05) is 6.26 Å². The van der Waals surface area contributed by atoms with Crippen molar-refractivity contribution in [3.63, 3.8) is 0 Å². The molecule has 2 heterocycles. The second kappa shape index (κ2) is 4.67. The normalized spacial score (nSPS) is 28.4. The van der Waals surface area contributed by atoms with Gasteiger partial charge in [-0.3, -0.25) is 0 Å². The topological polar surface area (TPSA) is 50.2 Å². The van der Waals surface area contributed by atoms with E-state index in [0.29, 0.717) is 4.90 Å². The molecule has 1 N–H and O–H groups in total.